The third kappa shape index (κ3) is 1.42. The average Bonchev–Trinajstić information content (AvgIpc) is 2.66. The number of hydrogen-bond acceptors (Lipinski definition) is 6. The van der Waals surface area contributed by atoms with Crippen LogP contribution in [-0.4, -0.2) is 26.8 Å². The maximum absolute atomic E-state index is 8.93. The van der Waals surface area contributed by atoms with Crippen molar-refractivity contribution in [3.63, 3.8) is 0 Å². The van der Waals surface area contributed by atoms with E-state index in [-0.39, 0.29) is 5.82 Å². The molecule has 16 heavy (non-hydrogen) atoms. The second kappa shape index (κ2) is 3.86. The zero-order chi connectivity index (χ0) is 11.5. The summed E-state index contributed by atoms with van der Waals surface area (Å²) in [5.74, 6) is 1.14. The Labute approximate surface area is 91.5 Å². The van der Waals surface area contributed by atoms with Crippen molar-refractivity contribution in [2.45, 2.75) is 0 Å². The summed E-state index contributed by atoms with van der Waals surface area (Å²) < 4.78 is 1.37. The predicted octanol–water partition coefficient (Wildman–Crippen LogP) is 0.158. The molecule has 3 N–H and O–H groups in total. The molecule has 0 fully saturated rings. The van der Waals surface area contributed by atoms with Crippen molar-refractivity contribution >= 4 is 11.6 Å². The molecule has 0 saturated heterocycles. The first-order valence-corrected chi connectivity index (χ1v) is 4.50. The largest absolute Gasteiger partial charge is 0.382 e. The maximum atomic E-state index is 8.93. The van der Waals surface area contributed by atoms with Crippen molar-refractivity contribution in [1.82, 2.24) is 19.7 Å². The standard InChI is InChI=1S/C9H9N7/c1-12-9-6(4-10)8(11)16(15-9)7-5-13-2-3-14-7/h2-3,5H,11H2,1H3,(H,12,15). The number of hydrogen-bond donors (Lipinski definition) is 2. The summed E-state index contributed by atoms with van der Waals surface area (Å²) in [5.41, 5.74) is 6.09. The Kier molecular flexibility index (Phi) is 2.39. The molecule has 2 aromatic heterocycles. The molecule has 0 aliphatic heterocycles. The lowest BCUT2D eigenvalue weighted by molar-refractivity contribution is 0.850. The Morgan fingerprint density at radius 3 is 2.81 bits per heavy atom. The quantitative estimate of drug-likeness (QED) is 0.739. The molecule has 80 valence electrons. The van der Waals surface area contributed by atoms with E-state index in [2.05, 4.69) is 20.4 Å². The van der Waals surface area contributed by atoms with Crippen LogP contribution in [0.4, 0.5) is 11.6 Å². The van der Waals surface area contributed by atoms with E-state index in [0.29, 0.717) is 17.2 Å². The first-order chi connectivity index (χ1) is 7.77. The molecule has 0 saturated carbocycles. The van der Waals surface area contributed by atoms with Gasteiger partial charge < -0.3 is 11.1 Å². The van der Waals surface area contributed by atoms with Crippen molar-refractivity contribution in [3.05, 3.63) is 24.2 Å². The summed E-state index contributed by atoms with van der Waals surface area (Å²) in [7, 11) is 1.67. The molecule has 0 aromatic carbocycles. The molecule has 0 unspecified atom stereocenters. The van der Waals surface area contributed by atoms with E-state index in [0.717, 1.165) is 0 Å². The van der Waals surface area contributed by atoms with Crippen LogP contribution in [0.5, 0.6) is 0 Å². The van der Waals surface area contributed by atoms with Gasteiger partial charge in [0.05, 0.1) is 6.20 Å². The molecule has 0 aliphatic carbocycles. The Bertz CT molecular complexity index is 537. The fourth-order valence-electron chi connectivity index (χ4n) is 1.29. The van der Waals surface area contributed by atoms with Gasteiger partial charge in [0.15, 0.2) is 11.6 Å². The minimum Gasteiger partial charge on any atom is -0.382 e. The van der Waals surface area contributed by atoms with E-state index in [1.165, 1.54) is 17.1 Å². The minimum atomic E-state index is 0.243. The van der Waals surface area contributed by atoms with Gasteiger partial charge in [0.2, 0.25) is 0 Å². The van der Waals surface area contributed by atoms with Gasteiger partial charge in [-0.15, -0.1) is 5.10 Å². The predicted molar refractivity (Wildman–Crippen MR) is 57.8 cm³/mol. The number of nitriles is 1. The van der Waals surface area contributed by atoms with E-state index in [9.17, 15) is 0 Å². The van der Waals surface area contributed by atoms with Gasteiger partial charge in [0.25, 0.3) is 0 Å². The molecule has 0 radical (unpaired) electrons. The molecule has 0 bridgehead atoms. The van der Waals surface area contributed by atoms with E-state index >= 15 is 0 Å². The third-order valence-electron chi connectivity index (χ3n) is 2.04. The van der Waals surface area contributed by atoms with E-state index < -0.39 is 0 Å². The fraction of sp³-hybridized carbons (Fsp3) is 0.111. The second-order valence-electron chi connectivity index (χ2n) is 2.95. The summed E-state index contributed by atoms with van der Waals surface area (Å²) in [6.45, 7) is 0. The zero-order valence-electron chi connectivity index (χ0n) is 8.55. The lowest BCUT2D eigenvalue weighted by Gasteiger charge is -2.00. The van der Waals surface area contributed by atoms with Crippen LogP contribution >= 0.6 is 0 Å². The second-order valence-corrected chi connectivity index (χ2v) is 2.95. The molecule has 0 amide bonds. The summed E-state index contributed by atoms with van der Waals surface area (Å²) in [5, 5.41) is 15.9. The molecule has 0 spiro atoms. The molecule has 7 heteroatoms. The summed E-state index contributed by atoms with van der Waals surface area (Å²) in [6.07, 6.45) is 4.60. The summed E-state index contributed by atoms with van der Waals surface area (Å²) in [6, 6.07) is 1.99. The molecule has 2 aromatic rings. The lowest BCUT2D eigenvalue weighted by atomic mass is 10.3. The van der Waals surface area contributed by atoms with E-state index in [1.807, 2.05) is 6.07 Å². The normalized spacial score (nSPS) is 9.75. The average molecular weight is 215 g/mol. The van der Waals surface area contributed by atoms with Gasteiger partial charge >= 0.3 is 0 Å². The van der Waals surface area contributed by atoms with Gasteiger partial charge in [-0.3, -0.25) is 4.98 Å². The Morgan fingerprint density at radius 2 is 2.31 bits per heavy atom. The number of nitrogens with one attached hydrogen (secondary N) is 1. The highest BCUT2D eigenvalue weighted by Crippen LogP contribution is 2.22. The topological polar surface area (TPSA) is 105 Å². The Hall–Kier alpha value is -2.62. The van der Waals surface area contributed by atoms with Gasteiger partial charge in [-0.1, -0.05) is 0 Å². The lowest BCUT2D eigenvalue weighted by Crippen LogP contribution is -2.04. The molecule has 0 atom stereocenters. The molecule has 7 nitrogen and oxygen atoms in total. The fourth-order valence-corrected chi connectivity index (χ4v) is 1.29. The van der Waals surface area contributed by atoms with Crippen LogP contribution in [0.25, 0.3) is 5.82 Å². The molecular weight excluding hydrogens is 206 g/mol. The van der Waals surface area contributed by atoms with Gasteiger partial charge in [-0.05, 0) is 0 Å². The highest BCUT2D eigenvalue weighted by atomic mass is 15.4. The number of anilines is 2. The van der Waals surface area contributed by atoms with Crippen LogP contribution in [0.15, 0.2) is 18.6 Å². The van der Waals surface area contributed by atoms with E-state index in [1.54, 1.807) is 13.2 Å². The van der Waals surface area contributed by atoms with Crippen LogP contribution in [-0.2, 0) is 0 Å². The molecule has 0 aliphatic rings. The van der Waals surface area contributed by atoms with Crippen molar-refractivity contribution in [2.75, 3.05) is 18.1 Å². The van der Waals surface area contributed by atoms with Crippen LogP contribution in [0.3, 0.4) is 0 Å². The van der Waals surface area contributed by atoms with Crippen molar-refractivity contribution in [2.24, 2.45) is 0 Å². The SMILES string of the molecule is CNc1nn(-c2cnccn2)c(N)c1C#N. The van der Waals surface area contributed by atoms with Gasteiger partial charge in [-0.25, -0.2) is 4.98 Å². The molecule has 2 rings (SSSR count). The highest BCUT2D eigenvalue weighted by Gasteiger charge is 2.15. The maximum Gasteiger partial charge on any atom is 0.174 e. The van der Waals surface area contributed by atoms with Crippen molar-refractivity contribution in [3.8, 4) is 11.9 Å². The van der Waals surface area contributed by atoms with Crippen LogP contribution < -0.4 is 11.1 Å². The third-order valence-corrected chi connectivity index (χ3v) is 2.04. The molecular formula is C9H9N7. The van der Waals surface area contributed by atoms with Crippen LogP contribution in [0.1, 0.15) is 5.56 Å². The number of aromatic nitrogens is 4. The number of nitrogens with zero attached hydrogens (tertiary/aromatic N) is 5. The van der Waals surface area contributed by atoms with Crippen molar-refractivity contribution in [1.29, 1.82) is 5.26 Å². The summed E-state index contributed by atoms with van der Waals surface area (Å²) in [4.78, 5) is 7.96. The van der Waals surface area contributed by atoms with Crippen LogP contribution in [0.2, 0.25) is 0 Å². The number of nitrogen functional groups attached to an aromatic ring is 1. The van der Waals surface area contributed by atoms with Gasteiger partial charge in [0, 0.05) is 19.4 Å². The first-order valence-electron chi connectivity index (χ1n) is 4.50. The first kappa shape index (κ1) is 9.92. The summed E-state index contributed by atoms with van der Waals surface area (Å²) >= 11 is 0. The van der Waals surface area contributed by atoms with Gasteiger partial charge in [-0.2, -0.15) is 9.94 Å². The smallest absolute Gasteiger partial charge is 0.174 e. The van der Waals surface area contributed by atoms with Crippen molar-refractivity contribution < 1.29 is 0 Å². The zero-order valence-corrected chi connectivity index (χ0v) is 8.55. The van der Waals surface area contributed by atoms with E-state index in [4.69, 9.17) is 11.0 Å². The Morgan fingerprint density at radius 1 is 1.50 bits per heavy atom. The minimum absolute atomic E-state index is 0.243. The van der Waals surface area contributed by atoms with Gasteiger partial charge in [0.1, 0.15) is 17.5 Å². The van der Waals surface area contributed by atoms with Crippen LogP contribution in [0, 0.1) is 11.3 Å². The monoisotopic (exact) mass is 215 g/mol. The number of nitrogens with two attached hydrogens (primary N) is 1. The highest BCUT2D eigenvalue weighted by molar-refractivity contribution is 5.65. The Balaban J connectivity index is 2.60. The molecule has 2 heterocycles. The number of rotatable bonds is 2.